The molecule has 0 saturated carbocycles. The highest BCUT2D eigenvalue weighted by atomic mass is 32.1. The second kappa shape index (κ2) is 12.8. The smallest absolute Gasteiger partial charge is 0.123 e. The molecule has 0 nitrogen and oxygen atoms in total. The lowest BCUT2D eigenvalue weighted by molar-refractivity contribution is 0.470. The normalized spacial score (nSPS) is 14.1. The molecule has 0 saturated heterocycles. The van der Waals surface area contributed by atoms with Gasteiger partial charge in [-0.25, -0.2) is 8.78 Å². The third-order valence-corrected chi connectivity index (χ3v) is 14.2. The van der Waals surface area contributed by atoms with Gasteiger partial charge in [0.05, 0.1) is 0 Å². The van der Waals surface area contributed by atoms with Crippen LogP contribution in [0.4, 0.5) is 8.78 Å². The number of aryl methyl sites for hydroxylation is 2. The van der Waals surface area contributed by atoms with E-state index in [1.54, 1.807) is 25.1 Å². The fourth-order valence-corrected chi connectivity index (χ4v) is 10.3. The minimum absolute atomic E-state index is 0.0242. The van der Waals surface area contributed by atoms with Gasteiger partial charge >= 0.3 is 0 Å². The molecule has 4 aromatic heterocycles. The summed E-state index contributed by atoms with van der Waals surface area (Å²) in [7, 11) is 0. The zero-order valence-electron chi connectivity index (χ0n) is 25.8. The first-order valence-corrected chi connectivity index (χ1v) is 17.9. The van der Waals surface area contributed by atoms with Crippen LogP contribution < -0.4 is 0 Å². The summed E-state index contributed by atoms with van der Waals surface area (Å²) in [5.41, 5.74) is 3.47. The average molecular weight is 649 g/mol. The highest BCUT2D eigenvalue weighted by molar-refractivity contribution is 7.28. The standard InChI is InChI=1S/C37H38F2S4/c1-8-26(38)11-10-20-37(7,9-2)33-22-24(4)35(43-33)31-19-17-29(41-31)28-16-18-30(40-28)34-23(3)21-32(42-34)36(5,6)25-12-14-27(39)15-13-25/h8,10-19,21-22H,9,20H2,1-7H3/b11-10-,26-8+. The number of halogens is 2. The van der Waals surface area contributed by atoms with Crippen molar-refractivity contribution < 1.29 is 8.78 Å². The Hall–Kier alpha value is -2.64. The number of allylic oxidation sites excluding steroid dienone is 4. The Balaban J connectivity index is 1.38. The molecule has 0 fully saturated rings. The molecule has 0 aliphatic rings. The Morgan fingerprint density at radius 2 is 1.26 bits per heavy atom. The molecule has 224 valence electrons. The Morgan fingerprint density at radius 3 is 1.79 bits per heavy atom. The largest absolute Gasteiger partial charge is 0.207 e. The van der Waals surface area contributed by atoms with Crippen LogP contribution in [0.15, 0.2) is 84.7 Å². The van der Waals surface area contributed by atoms with Gasteiger partial charge in [0.25, 0.3) is 0 Å². The van der Waals surface area contributed by atoms with E-state index in [2.05, 4.69) is 77.9 Å². The lowest BCUT2D eigenvalue weighted by Gasteiger charge is -2.25. The summed E-state index contributed by atoms with van der Waals surface area (Å²) in [5, 5.41) is 0. The SMILES string of the molecule is C/C=C(F)\C=C/CC(C)(CC)c1cc(C)c(-c2ccc(-c3ccc(-c4sc(C(C)(C)c5ccc(F)cc5)cc4C)s3)s2)s1. The molecule has 5 aromatic rings. The molecule has 43 heavy (non-hydrogen) atoms. The van der Waals surface area contributed by atoms with E-state index in [-0.39, 0.29) is 22.5 Å². The second-order valence-corrected chi connectivity index (χ2v) is 16.2. The van der Waals surface area contributed by atoms with Gasteiger partial charge in [-0.2, -0.15) is 0 Å². The number of thiophene rings is 4. The monoisotopic (exact) mass is 648 g/mol. The summed E-state index contributed by atoms with van der Waals surface area (Å²) >= 11 is 7.42. The zero-order chi connectivity index (χ0) is 30.9. The molecular weight excluding hydrogens is 611 g/mol. The van der Waals surface area contributed by atoms with E-state index in [9.17, 15) is 8.78 Å². The number of benzene rings is 1. The summed E-state index contributed by atoms with van der Waals surface area (Å²) in [6.45, 7) is 15.0. The topological polar surface area (TPSA) is 0 Å². The highest BCUT2D eigenvalue weighted by Crippen LogP contribution is 2.48. The van der Waals surface area contributed by atoms with Crippen molar-refractivity contribution in [3.8, 4) is 29.3 Å². The quantitative estimate of drug-likeness (QED) is 0.132. The van der Waals surface area contributed by atoms with Crippen molar-refractivity contribution >= 4 is 45.3 Å². The van der Waals surface area contributed by atoms with Crippen LogP contribution in [0.25, 0.3) is 29.3 Å². The van der Waals surface area contributed by atoms with Crippen molar-refractivity contribution in [2.45, 2.75) is 72.1 Å². The maximum Gasteiger partial charge on any atom is 0.123 e. The van der Waals surface area contributed by atoms with Gasteiger partial charge in [0.2, 0.25) is 0 Å². The van der Waals surface area contributed by atoms with Crippen molar-refractivity contribution in [1.29, 1.82) is 0 Å². The van der Waals surface area contributed by atoms with Gasteiger partial charge in [-0.3, -0.25) is 0 Å². The van der Waals surface area contributed by atoms with Gasteiger partial charge < -0.3 is 0 Å². The Bertz CT molecular complexity index is 1770. The zero-order valence-corrected chi connectivity index (χ0v) is 29.1. The Labute approximate surface area is 271 Å². The predicted octanol–water partition coefficient (Wildman–Crippen LogP) is 13.5. The first kappa shape index (κ1) is 31.8. The molecule has 4 heterocycles. The summed E-state index contributed by atoms with van der Waals surface area (Å²) < 4.78 is 27.2. The summed E-state index contributed by atoms with van der Waals surface area (Å²) in [5.74, 6) is -0.390. The third kappa shape index (κ3) is 6.58. The molecule has 1 atom stereocenters. The molecule has 0 aliphatic carbocycles. The molecular formula is C37H38F2S4. The lowest BCUT2D eigenvalue weighted by atomic mass is 9.82. The maximum absolute atomic E-state index is 13.7. The molecule has 6 heteroatoms. The second-order valence-electron chi connectivity index (χ2n) is 11.9. The predicted molar refractivity (Wildman–Crippen MR) is 189 cm³/mol. The van der Waals surface area contributed by atoms with E-state index >= 15 is 0 Å². The fourth-order valence-electron chi connectivity index (χ4n) is 5.20. The van der Waals surface area contributed by atoms with Crippen LogP contribution in [0.1, 0.15) is 73.9 Å². The van der Waals surface area contributed by atoms with Crippen LogP contribution in [-0.4, -0.2) is 0 Å². The Morgan fingerprint density at radius 1 is 0.744 bits per heavy atom. The maximum atomic E-state index is 13.7. The van der Waals surface area contributed by atoms with E-state index in [1.165, 1.54) is 56.2 Å². The van der Waals surface area contributed by atoms with Gasteiger partial charge in [0, 0.05) is 49.8 Å². The number of hydrogen-bond acceptors (Lipinski definition) is 4. The molecule has 1 aromatic carbocycles. The van der Waals surface area contributed by atoms with E-state index in [0.717, 1.165) is 18.4 Å². The molecule has 0 amide bonds. The van der Waals surface area contributed by atoms with Gasteiger partial charge in [-0.1, -0.05) is 52.0 Å². The van der Waals surface area contributed by atoms with Crippen LogP contribution in [0, 0.1) is 19.7 Å². The first-order valence-electron chi connectivity index (χ1n) is 14.6. The minimum atomic E-state index is -0.203. The van der Waals surface area contributed by atoms with Crippen molar-refractivity contribution in [3.05, 3.63) is 117 Å². The van der Waals surface area contributed by atoms with Crippen LogP contribution in [0.5, 0.6) is 0 Å². The first-order chi connectivity index (χ1) is 20.4. The molecule has 0 radical (unpaired) electrons. The van der Waals surface area contributed by atoms with Crippen LogP contribution in [-0.2, 0) is 10.8 Å². The van der Waals surface area contributed by atoms with E-state index in [4.69, 9.17) is 0 Å². The fraction of sp³-hybridized carbons (Fsp3) is 0.297. The third-order valence-electron chi connectivity index (χ3n) is 8.42. The lowest BCUT2D eigenvalue weighted by Crippen LogP contribution is -2.18. The molecule has 0 aliphatic heterocycles. The van der Waals surface area contributed by atoms with E-state index in [0.29, 0.717) is 0 Å². The van der Waals surface area contributed by atoms with Gasteiger partial charge in [-0.15, -0.1) is 45.3 Å². The van der Waals surface area contributed by atoms with Gasteiger partial charge in [-0.05, 0) is 105 Å². The van der Waals surface area contributed by atoms with Crippen molar-refractivity contribution in [2.75, 3.05) is 0 Å². The van der Waals surface area contributed by atoms with Crippen LogP contribution in [0.3, 0.4) is 0 Å². The molecule has 0 N–H and O–H groups in total. The van der Waals surface area contributed by atoms with Gasteiger partial charge in [0.15, 0.2) is 0 Å². The minimum Gasteiger partial charge on any atom is -0.207 e. The Kier molecular flexibility index (Phi) is 9.43. The molecule has 1 unspecified atom stereocenters. The van der Waals surface area contributed by atoms with E-state index < -0.39 is 0 Å². The van der Waals surface area contributed by atoms with Crippen molar-refractivity contribution in [1.82, 2.24) is 0 Å². The van der Waals surface area contributed by atoms with Gasteiger partial charge in [0.1, 0.15) is 11.6 Å². The molecule has 0 spiro atoms. The van der Waals surface area contributed by atoms with Crippen molar-refractivity contribution in [2.24, 2.45) is 0 Å². The molecule has 5 rings (SSSR count). The summed E-state index contributed by atoms with van der Waals surface area (Å²) in [6.07, 6.45) is 6.84. The van der Waals surface area contributed by atoms with E-state index in [1.807, 2.05) is 63.6 Å². The molecule has 0 bridgehead atoms. The van der Waals surface area contributed by atoms with Crippen molar-refractivity contribution in [3.63, 3.8) is 0 Å². The van der Waals surface area contributed by atoms with Crippen LogP contribution in [0.2, 0.25) is 0 Å². The summed E-state index contributed by atoms with van der Waals surface area (Å²) in [6, 6.07) is 20.5. The number of rotatable bonds is 10. The highest BCUT2D eigenvalue weighted by Gasteiger charge is 2.28. The average Bonchev–Trinajstić information content (AvgIpc) is 3.79. The number of hydrogen-bond donors (Lipinski definition) is 0. The van der Waals surface area contributed by atoms with Crippen LogP contribution >= 0.6 is 45.3 Å². The summed E-state index contributed by atoms with van der Waals surface area (Å²) in [4.78, 5) is 10.4.